The molecule has 2 heterocycles. The van der Waals surface area contributed by atoms with Crippen molar-refractivity contribution >= 4 is 21.6 Å². The van der Waals surface area contributed by atoms with Crippen molar-refractivity contribution < 1.29 is 18.8 Å². The molecule has 0 spiro atoms. The van der Waals surface area contributed by atoms with Crippen LogP contribution in [0.25, 0.3) is 0 Å². The Morgan fingerprint density at radius 3 is 2.64 bits per heavy atom. The summed E-state index contributed by atoms with van der Waals surface area (Å²) in [5.74, 6) is 0.175. The van der Waals surface area contributed by atoms with Crippen LogP contribution in [0.15, 0.2) is 21.5 Å². The highest BCUT2D eigenvalue weighted by atomic mass is 32.2. The number of benzene rings is 1. The maximum atomic E-state index is 13.0. The lowest BCUT2D eigenvalue weighted by atomic mass is 9.76. The summed E-state index contributed by atoms with van der Waals surface area (Å²) in [5, 5.41) is 22.3. The minimum absolute atomic E-state index is 0.0499. The van der Waals surface area contributed by atoms with Crippen molar-refractivity contribution in [2.45, 2.75) is 49.6 Å². The van der Waals surface area contributed by atoms with Gasteiger partial charge in [-0.15, -0.1) is 4.36 Å². The minimum atomic E-state index is -3.56. The van der Waals surface area contributed by atoms with Crippen LogP contribution in [0.2, 0.25) is 0 Å². The number of rotatable bonds is 3. The smallest absolute Gasteiger partial charge is 0.354 e. The predicted octanol–water partition coefficient (Wildman–Crippen LogP) is 1.16. The molecule has 3 aliphatic rings. The molecule has 0 radical (unpaired) electrons. The number of hydrogen-bond donors (Lipinski definition) is 3. The molecule has 0 saturated carbocycles. The highest BCUT2D eigenvalue weighted by Gasteiger charge is 2.39. The van der Waals surface area contributed by atoms with Gasteiger partial charge in [0.15, 0.2) is 15.5 Å². The second kappa shape index (κ2) is 5.79. The van der Waals surface area contributed by atoms with Crippen molar-refractivity contribution in [2.75, 3.05) is 11.9 Å². The summed E-state index contributed by atoms with van der Waals surface area (Å²) in [6.07, 6.45) is 5.16. The Labute approximate surface area is 162 Å². The van der Waals surface area contributed by atoms with Crippen LogP contribution in [0.3, 0.4) is 0 Å². The van der Waals surface area contributed by atoms with Crippen LogP contribution in [0.5, 0.6) is 5.88 Å². The van der Waals surface area contributed by atoms with Crippen molar-refractivity contribution in [1.29, 1.82) is 0 Å². The highest BCUT2D eigenvalue weighted by Crippen LogP contribution is 2.41. The van der Waals surface area contributed by atoms with Gasteiger partial charge >= 0.3 is 6.03 Å². The first-order chi connectivity index (χ1) is 13.3. The van der Waals surface area contributed by atoms with Gasteiger partial charge in [0.1, 0.15) is 4.90 Å². The van der Waals surface area contributed by atoms with E-state index in [1.165, 1.54) is 22.0 Å². The normalized spacial score (nSPS) is 23.2. The van der Waals surface area contributed by atoms with Gasteiger partial charge in [0.05, 0.1) is 19.3 Å². The van der Waals surface area contributed by atoms with E-state index in [4.69, 9.17) is 9.88 Å². The number of anilines is 1. The molecule has 0 fully saturated rings. The molecule has 0 bridgehead atoms. The third kappa shape index (κ3) is 2.55. The topological polar surface area (TPSA) is 132 Å². The van der Waals surface area contributed by atoms with Gasteiger partial charge in [-0.1, -0.05) is 6.07 Å². The molecule has 4 N–H and O–H groups in total. The highest BCUT2D eigenvalue weighted by molar-refractivity contribution is 7.91. The summed E-state index contributed by atoms with van der Waals surface area (Å²) in [6.45, 7) is 1.77. The summed E-state index contributed by atoms with van der Waals surface area (Å²) in [5.41, 5.74) is 4.73. The number of aryl methyl sites for hydroxylation is 2. The predicted molar refractivity (Wildman–Crippen MR) is 102 cm³/mol. The average Bonchev–Trinajstić information content (AvgIpc) is 3.08. The number of nitrogens with zero attached hydrogens (tertiary/aromatic N) is 3. The van der Waals surface area contributed by atoms with Crippen molar-refractivity contribution in [2.24, 2.45) is 9.50 Å². The van der Waals surface area contributed by atoms with Crippen molar-refractivity contribution in [3.63, 3.8) is 0 Å². The third-order valence-electron chi connectivity index (χ3n) is 5.70. The van der Waals surface area contributed by atoms with Crippen LogP contribution in [0.1, 0.15) is 29.2 Å². The Kier molecular flexibility index (Phi) is 3.65. The van der Waals surface area contributed by atoms with Crippen molar-refractivity contribution in [1.82, 2.24) is 9.78 Å². The van der Waals surface area contributed by atoms with Crippen LogP contribution < -0.4 is 15.2 Å². The van der Waals surface area contributed by atoms with E-state index in [9.17, 15) is 14.1 Å². The van der Waals surface area contributed by atoms with Crippen LogP contribution >= 0.6 is 0 Å². The molecule has 2 aromatic rings. The first-order valence-corrected chi connectivity index (χ1v) is 10.8. The van der Waals surface area contributed by atoms with Gasteiger partial charge in [-0.3, -0.25) is 0 Å². The second-order valence-electron chi connectivity index (χ2n) is 7.80. The Bertz CT molecular complexity index is 1120. The molecule has 10 heteroatoms. The van der Waals surface area contributed by atoms with Crippen LogP contribution in [0.4, 0.5) is 10.5 Å². The van der Waals surface area contributed by atoms with E-state index in [-0.39, 0.29) is 17.4 Å². The molecule has 148 valence electrons. The van der Waals surface area contributed by atoms with Gasteiger partial charge in [0, 0.05) is 5.69 Å². The van der Waals surface area contributed by atoms with Gasteiger partial charge in [-0.2, -0.15) is 5.10 Å². The number of aromatic nitrogens is 2. The molecule has 28 heavy (non-hydrogen) atoms. The number of nitrogens with two attached hydrogens (primary N) is 1. The molecular weight excluding hydrogens is 382 g/mol. The zero-order chi connectivity index (χ0) is 19.7. The lowest BCUT2D eigenvalue weighted by Gasteiger charge is -2.31. The van der Waals surface area contributed by atoms with E-state index in [2.05, 4.69) is 20.8 Å². The lowest BCUT2D eigenvalue weighted by Crippen LogP contribution is -2.35. The van der Waals surface area contributed by atoms with Gasteiger partial charge in [0.2, 0.25) is 5.88 Å². The first kappa shape index (κ1) is 17.7. The van der Waals surface area contributed by atoms with Crippen LogP contribution in [-0.4, -0.2) is 37.3 Å². The number of urea groups is 1. The van der Waals surface area contributed by atoms with Crippen molar-refractivity contribution in [3.8, 4) is 5.88 Å². The second-order valence-corrected chi connectivity index (χ2v) is 9.56. The van der Waals surface area contributed by atoms with E-state index >= 15 is 0 Å². The summed E-state index contributed by atoms with van der Waals surface area (Å²) >= 11 is 0. The summed E-state index contributed by atoms with van der Waals surface area (Å²) in [4.78, 5) is 12.6. The fraction of sp³-hybridized carbons (Fsp3) is 0.444. The Hall–Kier alpha value is -2.43. The zero-order valence-electron chi connectivity index (χ0n) is 15.4. The molecule has 1 aromatic heterocycles. The van der Waals surface area contributed by atoms with Gasteiger partial charge < -0.3 is 15.2 Å². The molecule has 2 unspecified atom stereocenters. The average molecular weight is 403 g/mol. The molecule has 1 aliphatic heterocycles. The van der Waals surface area contributed by atoms with Gasteiger partial charge in [-0.05, 0) is 54.9 Å². The quantitative estimate of drug-likeness (QED) is 0.707. The van der Waals surface area contributed by atoms with E-state index in [0.29, 0.717) is 6.54 Å². The number of nitrogens with one attached hydrogen (secondary N) is 1. The molecule has 2 amide bonds. The molecular formula is C18H21N5O4S. The maximum Gasteiger partial charge on any atom is 0.354 e. The number of carbonyl (C=O) groups excluding carboxylic acids is 1. The number of fused-ring (bicyclic) bond motifs is 3. The van der Waals surface area contributed by atoms with Gasteiger partial charge in [0.25, 0.3) is 0 Å². The fourth-order valence-corrected chi connectivity index (χ4v) is 4.95. The fourth-order valence-electron chi connectivity index (χ4n) is 3.96. The molecule has 9 nitrogen and oxygen atoms in total. The Balaban J connectivity index is 1.45. The van der Waals surface area contributed by atoms with Crippen LogP contribution in [-0.2, 0) is 42.1 Å². The van der Waals surface area contributed by atoms with Gasteiger partial charge in [-0.25, -0.2) is 18.8 Å². The standard InChI is InChI=1S/C18H21N5O4S/c1-18(9-24)8-23-16(27-18)14(7-20-23)28(19,26)22-17(25)21-15-12-4-2-10(12)6-11-3-5-13(11)15/h6-7,24H,2-5,8-9H2,1H3,(H3,19,21,22,25,26). The molecule has 1 aromatic carbocycles. The number of carbonyl (C=O) groups is 1. The zero-order valence-corrected chi connectivity index (χ0v) is 16.2. The summed E-state index contributed by atoms with van der Waals surface area (Å²) in [7, 11) is -3.56. The Morgan fingerprint density at radius 1 is 1.39 bits per heavy atom. The molecule has 5 rings (SSSR count). The number of amides is 2. The van der Waals surface area contributed by atoms with E-state index in [0.717, 1.165) is 42.5 Å². The third-order valence-corrected chi connectivity index (χ3v) is 7.05. The van der Waals surface area contributed by atoms with E-state index in [1.807, 2.05) is 0 Å². The summed E-state index contributed by atoms with van der Waals surface area (Å²) < 4.78 is 23.9. The van der Waals surface area contributed by atoms with E-state index < -0.39 is 21.5 Å². The van der Waals surface area contributed by atoms with E-state index in [1.54, 1.807) is 6.92 Å². The number of aliphatic hydroxyl groups is 1. The lowest BCUT2D eigenvalue weighted by molar-refractivity contribution is 0.0399. The number of aliphatic hydroxyl groups excluding tert-OH is 1. The summed E-state index contributed by atoms with van der Waals surface area (Å²) in [6, 6.07) is 1.46. The molecule has 2 aliphatic carbocycles. The SMILES string of the molecule is CC1(CO)Cn2ncc(S(N)(=O)=NC(=O)Nc3c4c(cc5c3CC5)CC4)c2O1. The monoisotopic (exact) mass is 403 g/mol. The Morgan fingerprint density at radius 2 is 2.07 bits per heavy atom. The first-order valence-electron chi connectivity index (χ1n) is 9.18. The minimum Gasteiger partial charge on any atom is -0.466 e. The largest absolute Gasteiger partial charge is 0.466 e. The molecule has 2 atom stereocenters. The number of ether oxygens (including phenoxy) is 1. The maximum absolute atomic E-state index is 13.0. The number of hydrogen-bond acceptors (Lipinski definition) is 5. The van der Waals surface area contributed by atoms with Crippen molar-refractivity contribution in [3.05, 3.63) is 34.5 Å². The molecule has 0 saturated heterocycles. The van der Waals surface area contributed by atoms with Crippen LogP contribution in [0, 0.1) is 0 Å².